The van der Waals surface area contributed by atoms with Crippen molar-refractivity contribution in [1.29, 1.82) is 5.26 Å². The summed E-state index contributed by atoms with van der Waals surface area (Å²) < 4.78 is 28.1. The monoisotopic (exact) mass is 430 g/mol. The first-order valence-electron chi connectivity index (χ1n) is 9.45. The normalized spacial score (nSPS) is 17.5. The van der Waals surface area contributed by atoms with Gasteiger partial charge in [-0.15, -0.1) is 0 Å². The van der Waals surface area contributed by atoms with Gasteiger partial charge in [-0.2, -0.15) is 5.26 Å². The molecule has 3 rings (SSSR count). The molecule has 0 spiro atoms. The number of pyridine rings is 2. The Bertz CT molecular complexity index is 1040. The Morgan fingerprint density at radius 2 is 2.13 bits per heavy atom. The quantitative estimate of drug-likeness (QED) is 0.665. The van der Waals surface area contributed by atoms with Gasteiger partial charge < -0.3 is 20.6 Å². The molecule has 3 heterocycles. The Morgan fingerprint density at radius 1 is 1.35 bits per heavy atom. The van der Waals surface area contributed by atoms with Crippen LogP contribution in [0.2, 0.25) is 0 Å². The number of nitrogens with zero attached hydrogens (tertiary/aromatic N) is 4. The molecule has 2 amide bonds. The van der Waals surface area contributed by atoms with Crippen LogP contribution in [0.15, 0.2) is 30.5 Å². The molecule has 0 aromatic carbocycles. The van der Waals surface area contributed by atoms with Crippen molar-refractivity contribution in [3.8, 4) is 6.07 Å². The van der Waals surface area contributed by atoms with Gasteiger partial charge in [-0.05, 0) is 37.1 Å². The summed E-state index contributed by atoms with van der Waals surface area (Å²) in [5.74, 6) is -3.19. The van der Waals surface area contributed by atoms with Crippen LogP contribution in [0.4, 0.5) is 25.2 Å². The zero-order valence-electron chi connectivity index (χ0n) is 16.6. The Kier molecular flexibility index (Phi) is 6.29. The maximum atomic E-state index is 14.0. The lowest BCUT2D eigenvalue weighted by molar-refractivity contribution is -0.0715. The molecule has 1 atom stereocenters. The molecule has 1 fully saturated rings. The Labute approximate surface area is 176 Å². The third kappa shape index (κ3) is 5.42. The summed E-state index contributed by atoms with van der Waals surface area (Å²) in [5, 5.41) is 22.9. The van der Waals surface area contributed by atoms with Gasteiger partial charge >= 0.3 is 6.09 Å². The van der Waals surface area contributed by atoms with Gasteiger partial charge in [0.1, 0.15) is 17.3 Å². The van der Waals surface area contributed by atoms with E-state index in [1.54, 1.807) is 19.1 Å². The van der Waals surface area contributed by atoms with Crippen LogP contribution in [0.1, 0.15) is 34.5 Å². The second-order valence-electron chi connectivity index (χ2n) is 7.20. The van der Waals surface area contributed by atoms with E-state index < -0.39 is 36.9 Å². The van der Waals surface area contributed by atoms with Crippen molar-refractivity contribution in [1.82, 2.24) is 20.2 Å². The van der Waals surface area contributed by atoms with E-state index in [0.29, 0.717) is 16.9 Å². The van der Waals surface area contributed by atoms with Crippen molar-refractivity contribution >= 4 is 23.6 Å². The van der Waals surface area contributed by atoms with E-state index >= 15 is 0 Å². The highest BCUT2D eigenvalue weighted by Gasteiger charge is 2.42. The average molecular weight is 430 g/mol. The molecule has 3 N–H and O–H groups in total. The molecule has 2 aromatic heterocycles. The molecule has 0 radical (unpaired) electrons. The second-order valence-corrected chi connectivity index (χ2v) is 7.20. The fourth-order valence-electron chi connectivity index (χ4n) is 3.30. The summed E-state index contributed by atoms with van der Waals surface area (Å²) in [7, 11) is 0. The molecule has 1 saturated heterocycles. The first kappa shape index (κ1) is 21.9. The molecule has 9 nitrogen and oxygen atoms in total. The molecule has 0 saturated carbocycles. The van der Waals surface area contributed by atoms with Crippen LogP contribution in [0.25, 0.3) is 0 Å². The molecule has 31 heavy (non-hydrogen) atoms. The summed E-state index contributed by atoms with van der Waals surface area (Å²) >= 11 is 0. The highest BCUT2D eigenvalue weighted by Crippen LogP contribution is 2.31. The molecule has 0 bridgehead atoms. The number of aromatic nitrogens is 2. The molecule has 1 aliphatic rings. The third-order valence-corrected chi connectivity index (χ3v) is 4.88. The number of carbonyl (C=O) groups is 2. The van der Waals surface area contributed by atoms with Crippen molar-refractivity contribution in [2.45, 2.75) is 31.7 Å². The number of nitrogens with one attached hydrogen (secondary N) is 2. The zero-order chi connectivity index (χ0) is 22.6. The number of carboxylic acid groups (broad SMARTS) is 1. The summed E-state index contributed by atoms with van der Waals surface area (Å²) in [5.41, 5.74) is 0.831. The minimum atomic E-state index is -3.07. The fourth-order valence-corrected chi connectivity index (χ4v) is 3.30. The molecule has 2 aromatic rings. The van der Waals surface area contributed by atoms with Crippen LogP contribution in [-0.2, 0) is 0 Å². The molecule has 1 aliphatic heterocycles. The van der Waals surface area contributed by atoms with Crippen molar-refractivity contribution < 1.29 is 23.5 Å². The first-order valence-corrected chi connectivity index (χ1v) is 9.45. The number of anilines is 2. The highest BCUT2D eigenvalue weighted by atomic mass is 19.3. The van der Waals surface area contributed by atoms with Gasteiger partial charge in [-0.3, -0.25) is 4.79 Å². The Morgan fingerprint density at radius 3 is 2.84 bits per heavy atom. The third-order valence-electron chi connectivity index (χ3n) is 4.88. The molecular formula is C20H20F2N6O3. The number of aryl methyl sites for hydroxylation is 1. The predicted molar refractivity (Wildman–Crippen MR) is 106 cm³/mol. The standard InChI is InChI=1S/C20H20F2N6O3/c1-12-2-3-15(26-16-8-13(9-23)5-7-24-16)27-17(12)18(29)28-11-20(21,22)6-4-14(28)10-25-19(30)31/h2-3,5,7-8,14,25H,4,6,10-11H2,1H3,(H,30,31)(H,24,26,27)/t14-/m1/s1. The van der Waals surface area contributed by atoms with E-state index in [1.165, 1.54) is 18.3 Å². The van der Waals surface area contributed by atoms with Gasteiger partial charge in [0.05, 0.1) is 24.2 Å². The molecular weight excluding hydrogens is 410 g/mol. The largest absolute Gasteiger partial charge is 0.465 e. The van der Waals surface area contributed by atoms with E-state index in [-0.39, 0.29) is 24.5 Å². The van der Waals surface area contributed by atoms with Crippen LogP contribution >= 0.6 is 0 Å². The number of rotatable bonds is 5. The van der Waals surface area contributed by atoms with Gasteiger partial charge in [0.25, 0.3) is 11.8 Å². The van der Waals surface area contributed by atoms with E-state index in [2.05, 4.69) is 20.6 Å². The average Bonchev–Trinajstić information content (AvgIpc) is 2.73. The Balaban J connectivity index is 1.86. The number of likely N-dealkylation sites (tertiary alicyclic amines) is 1. The number of hydrogen-bond acceptors (Lipinski definition) is 6. The van der Waals surface area contributed by atoms with Crippen LogP contribution < -0.4 is 10.6 Å². The molecule has 11 heteroatoms. The Hall–Kier alpha value is -3.81. The number of amides is 2. The van der Waals surface area contributed by atoms with Crippen molar-refractivity contribution in [2.24, 2.45) is 0 Å². The number of hydrogen-bond donors (Lipinski definition) is 3. The zero-order valence-corrected chi connectivity index (χ0v) is 16.6. The van der Waals surface area contributed by atoms with Crippen molar-refractivity contribution in [2.75, 3.05) is 18.4 Å². The second kappa shape index (κ2) is 8.91. The molecule has 0 unspecified atom stereocenters. The van der Waals surface area contributed by atoms with Gasteiger partial charge in [0.2, 0.25) is 0 Å². The SMILES string of the molecule is Cc1ccc(Nc2cc(C#N)ccn2)nc1C(=O)N1CC(F)(F)CC[C@@H]1CNC(=O)O. The summed E-state index contributed by atoms with van der Waals surface area (Å²) in [6.07, 6.45) is -0.326. The number of nitriles is 1. The van der Waals surface area contributed by atoms with E-state index in [9.17, 15) is 18.4 Å². The lowest BCUT2D eigenvalue weighted by Crippen LogP contribution is -2.55. The fraction of sp³-hybridized carbons (Fsp3) is 0.350. The number of halogens is 2. The summed E-state index contributed by atoms with van der Waals surface area (Å²) in [4.78, 5) is 33.3. The highest BCUT2D eigenvalue weighted by molar-refractivity contribution is 5.94. The van der Waals surface area contributed by atoms with Gasteiger partial charge in [0, 0.05) is 19.2 Å². The van der Waals surface area contributed by atoms with Crippen LogP contribution in [0.5, 0.6) is 0 Å². The summed E-state index contributed by atoms with van der Waals surface area (Å²) in [6.45, 7) is 0.659. The van der Waals surface area contributed by atoms with Crippen LogP contribution in [0.3, 0.4) is 0 Å². The predicted octanol–water partition coefficient (Wildman–Crippen LogP) is 2.91. The number of alkyl halides is 2. The van der Waals surface area contributed by atoms with Gasteiger partial charge in [0.15, 0.2) is 0 Å². The van der Waals surface area contributed by atoms with E-state index in [4.69, 9.17) is 10.4 Å². The van der Waals surface area contributed by atoms with Crippen LogP contribution in [-0.4, -0.2) is 57.0 Å². The van der Waals surface area contributed by atoms with E-state index in [1.807, 2.05) is 6.07 Å². The smallest absolute Gasteiger partial charge is 0.404 e. The maximum absolute atomic E-state index is 14.0. The van der Waals surface area contributed by atoms with Crippen molar-refractivity contribution in [3.05, 3.63) is 47.3 Å². The minimum Gasteiger partial charge on any atom is -0.465 e. The summed E-state index contributed by atoms with van der Waals surface area (Å²) in [6, 6.07) is 7.52. The molecule has 0 aliphatic carbocycles. The van der Waals surface area contributed by atoms with Crippen molar-refractivity contribution in [3.63, 3.8) is 0 Å². The van der Waals surface area contributed by atoms with E-state index in [0.717, 1.165) is 4.90 Å². The van der Waals surface area contributed by atoms with Gasteiger partial charge in [-0.25, -0.2) is 23.5 Å². The lowest BCUT2D eigenvalue weighted by Gasteiger charge is -2.39. The first-order chi connectivity index (χ1) is 14.7. The molecule has 162 valence electrons. The minimum absolute atomic E-state index is 0.0283. The number of carbonyl (C=O) groups excluding carboxylic acids is 1. The maximum Gasteiger partial charge on any atom is 0.404 e. The van der Waals surface area contributed by atoms with Gasteiger partial charge in [-0.1, -0.05) is 6.07 Å². The topological polar surface area (TPSA) is 131 Å². The van der Waals surface area contributed by atoms with Crippen LogP contribution in [0, 0.1) is 18.3 Å². The lowest BCUT2D eigenvalue weighted by atomic mass is 9.98. The number of piperidine rings is 1.